The van der Waals surface area contributed by atoms with Gasteiger partial charge in [-0.2, -0.15) is 0 Å². The van der Waals surface area contributed by atoms with Gasteiger partial charge in [-0.25, -0.2) is 9.97 Å². The molecule has 2 aromatic carbocycles. The molecule has 1 aliphatic heterocycles. The SMILES string of the molecule is O=C(Nc1ccc(Cl)cc1)c1ccnc(N2CCc3ccccc3C2)n1. The van der Waals surface area contributed by atoms with E-state index >= 15 is 0 Å². The third kappa shape index (κ3) is 3.53. The number of halogens is 1. The van der Waals surface area contributed by atoms with Gasteiger partial charge in [-0.3, -0.25) is 4.79 Å². The Morgan fingerprint density at radius 3 is 2.62 bits per heavy atom. The van der Waals surface area contributed by atoms with Gasteiger partial charge < -0.3 is 10.2 Å². The van der Waals surface area contributed by atoms with E-state index in [9.17, 15) is 4.79 Å². The van der Waals surface area contributed by atoms with E-state index in [1.165, 1.54) is 11.1 Å². The molecule has 5 nitrogen and oxygen atoms in total. The molecule has 0 saturated heterocycles. The number of nitrogens with zero attached hydrogens (tertiary/aromatic N) is 3. The summed E-state index contributed by atoms with van der Waals surface area (Å²) in [5.41, 5.74) is 3.65. The lowest BCUT2D eigenvalue weighted by Crippen LogP contribution is -2.32. The van der Waals surface area contributed by atoms with Gasteiger partial charge in [0.25, 0.3) is 5.91 Å². The van der Waals surface area contributed by atoms with Crippen LogP contribution in [0, 0.1) is 0 Å². The maximum atomic E-state index is 12.5. The Hall–Kier alpha value is -2.92. The highest BCUT2D eigenvalue weighted by Gasteiger charge is 2.19. The monoisotopic (exact) mass is 364 g/mol. The van der Waals surface area contributed by atoms with E-state index in [0.717, 1.165) is 19.5 Å². The van der Waals surface area contributed by atoms with Crippen molar-refractivity contribution in [2.45, 2.75) is 13.0 Å². The summed E-state index contributed by atoms with van der Waals surface area (Å²) >= 11 is 5.87. The highest BCUT2D eigenvalue weighted by Crippen LogP contribution is 2.22. The molecule has 0 bridgehead atoms. The molecule has 1 aromatic heterocycles. The van der Waals surface area contributed by atoms with E-state index in [0.29, 0.717) is 22.4 Å². The van der Waals surface area contributed by atoms with E-state index in [-0.39, 0.29) is 5.91 Å². The van der Waals surface area contributed by atoms with E-state index in [1.807, 2.05) is 6.07 Å². The number of benzene rings is 2. The molecule has 6 heteroatoms. The summed E-state index contributed by atoms with van der Waals surface area (Å²) in [6.45, 7) is 1.58. The van der Waals surface area contributed by atoms with Crippen molar-refractivity contribution in [1.29, 1.82) is 0 Å². The summed E-state index contributed by atoms with van der Waals surface area (Å²) in [7, 11) is 0. The number of hydrogen-bond donors (Lipinski definition) is 1. The van der Waals surface area contributed by atoms with Gasteiger partial charge in [0, 0.05) is 30.0 Å². The molecule has 0 aliphatic carbocycles. The predicted molar refractivity (Wildman–Crippen MR) is 103 cm³/mol. The molecule has 0 radical (unpaired) electrons. The average Bonchev–Trinajstić information content (AvgIpc) is 2.69. The zero-order chi connectivity index (χ0) is 17.9. The van der Waals surface area contributed by atoms with Gasteiger partial charge in [0.15, 0.2) is 0 Å². The number of nitrogens with one attached hydrogen (secondary N) is 1. The molecule has 3 aromatic rings. The Bertz CT molecular complexity index is 943. The minimum Gasteiger partial charge on any atom is -0.336 e. The molecule has 4 rings (SSSR count). The average molecular weight is 365 g/mol. The van der Waals surface area contributed by atoms with Crippen LogP contribution in [0.4, 0.5) is 11.6 Å². The lowest BCUT2D eigenvalue weighted by Gasteiger charge is -2.28. The normalized spacial score (nSPS) is 13.2. The fraction of sp³-hybridized carbons (Fsp3) is 0.150. The van der Waals surface area contributed by atoms with Crippen molar-refractivity contribution in [3.8, 4) is 0 Å². The summed E-state index contributed by atoms with van der Waals surface area (Å²) in [5.74, 6) is 0.302. The number of carbonyl (C=O) groups excluding carboxylic acids is 1. The van der Waals surface area contributed by atoms with E-state index in [4.69, 9.17) is 11.6 Å². The van der Waals surface area contributed by atoms with Crippen molar-refractivity contribution < 1.29 is 4.79 Å². The van der Waals surface area contributed by atoms with Crippen LogP contribution in [0.25, 0.3) is 0 Å². The molecule has 1 N–H and O–H groups in total. The smallest absolute Gasteiger partial charge is 0.274 e. The molecule has 0 atom stereocenters. The van der Waals surface area contributed by atoms with Gasteiger partial charge in [-0.1, -0.05) is 35.9 Å². The second-order valence-electron chi connectivity index (χ2n) is 6.14. The molecule has 2 heterocycles. The fourth-order valence-corrected chi connectivity index (χ4v) is 3.15. The van der Waals surface area contributed by atoms with Crippen LogP contribution < -0.4 is 10.2 Å². The largest absolute Gasteiger partial charge is 0.336 e. The highest BCUT2D eigenvalue weighted by atomic mass is 35.5. The first kappa shape index (κ1) is 16.5. The van der Waals surface area contributed by atoms with Gasteiger partial charge >= 0.3 is 0 Å². The van der Waals surface area contributed by atoms with Crippen molar-refractivity contribution in [2.24, 2.45) is 0 Å². The second kappa shape index (κ2) is 7.14. The number of rotatable bonds is 3. The third-order valence-electron chi connectivity index (χ3n) is 4.39. The Morgan fingerprint density at radius 1 is 1.04 bits per heavy atom. The minimum atomic E-state index is -0.270. The van der Waals surface area contributed by atoms with Crippen LogP contribution in [0.15, 0.2) is 60.8 Å². The molecule has 0 unspecified atom stereocenters. The highest BCUT2D eigenvalue weighted by molar-refractivity contribution is 6.30. The van der Waals surface area contributed by atoms with Crippen LogP contribution in [-0.4, -0.2) is 22.4 Å². The molecule has 0 saturated carbocycles. The standard InChI is InChI=1S/C20H17ClN4O/c21-16-5-7-17(8-6-16)23-19(26)18-9-11-22-20(24-18)25-12-10-14-3-1-2-4-15(14)13-25/h1-9,11H,10,12-13H2,(H,23,26). The second-order valence-corrected chi connectivity index (χ2v) is 6.58. The maximum Gasteiger partial charge on any atom is 0.274 e. The number of amides is 1. The van der Waals surface area contributed by atoms with Crippen LogP contribution in [0.3, 0.4) is 0 Å². The summed E-state index contributed by atoms with van der Waals surface area (Å²) in [6, 6.07) is 17.0. The summed E-state index contributed by atoms with van der Waals surface area (Å²) in [4.78, 5) is 23.4. The van der Waals surface area contributed by atoms with E-state index < -0.39 is 0 Å². The van der Waals surface area contributed by atoms with Crippen molar-refractivity contribution in [3.05, 3.63) is 82.6 Å². The predicted octanol–water partition coefficient (Wildman–Crippen LogP) is 3.95. The zero-order valence-corrected chi connectivity index (χ0v) is 14.8. The van der Waals surface area contributed by atoms with Crippen LogP contribution in [-0.2, 0) is 13.0 Å². The number of anilines is 2. The third-order valence-corrected chi connectivity index (χ3v) is 4.64. The van der Waals surface area contributed by atoms with Gasteiger partial charge in [0.1, 0.15) is 5.69 Å². The lowest BCUT2D eigenvalue weighted by atomic mass is 10.0. The summed E-state index contributed by atoms with van der Waals surface area (Å²) in [6.07, 6.45) is 2.57. The number of fused-ring (bicyclic) bond motifs is 1. The first-order valence-corrected chi connectivity index (χ1v) is 8.78. The number of carbonyl (C=O) groups is 1. The molecule has 0 fully saturated rings. The van der Waals surface area contributed by atoms with Crippen molar-refractivity contribution in [3.63, 3.8) is 0 Å². The van der Waals surface area contributed by atoms with Crippen molar-refractivity contribution >= 4 is 29.1 Å². The molecule has 1 amide bonds. The molecule has 26 heavy (non-hydrogen) atoms. The molecular weight excluding hydrogens is 348 g/mol. The number of aromatic nitrogens is 2. The molecular formula is C20H17ClN4O. The topological polar surface area (TPSA) is 58.1 Å². The number of hydrogen-bond acceptors (Lipinski definition) is 4. The molecule has 1 aliphatic rings. The van der Waals surface area contributed by atoms with E-state index in [2.05, 4.69) is 38.4 Å². The van der Waals surface area contributed by atoms with Crippen molar-refractivity contribution in [2.75, 3.05) is 16.8 Å². The van der Waals surface area contributed by atoms with Gasteiger partial charge in [-0.15, -0.1) is 0 Å². The summed E-state index contributed by atoms with van der Waals surface area (Å²) < 4.78 is 0. The maximum absolute atomic E-state index is 12.5. The Balaban J connectivity index is 1.51. The van der Waals surface area contributed by atoms with Crippen LogP contribution >= 0.6 is 11.6 Å². The van der Waals surface area contributed by atoms with Crippen LogP contribution in [0.5, 0.6) is 0 Å². The van der Waals surface area contributed by atoms with Crippen LogP contribution in [0.2, 0.25) is 5.02 Å². The fourth-order valence-electron chi connectivity index (χ4n) is 3.02. The lowest BCUT2D eigenvalue weighted by molar-refractivity contribution is 0.102. The minimum absolute atomic E-state index is 0.270. The van der Waals surface area contributed by atoms with Crippen molar-refractivity contribution in [1.82, 2.24) is 9.97 Å². The van der Waals surface area contributed by atoms with Gasteiger partial charge in [0.2, 0.25) is 5.95 Å². The van der Waals surface area contributed by atoms with Gasteiger partial charge in [0.05, 0.1) is 0 Å². The van der Waals surface area contributed by atoms with Gasteiger partial charge in [-0.05, 0) is 47.9 Å². The quantitative estimate of drug-likeness (QED) is 0.764. The Kier molecular flexibility index (Phi) is 4.54. The first-order chi connectivity index (χ1) is 12.7. The first-order valence-electron chi connectivity index (χ1n) is 8.41. The van der Waals surface area contributed by atoms with Crippen LogP contribution in [0.1, 0.15) is 21.6 Å². The Labute approximate surface area is 156 Å². The molecule has 130 valence electrons. The Morgan fingerprint density at radius 2 is 1.81 bits per heavy atom. The summed E-state index contributed by atoms with van der Waals surface area (Å²) in [5, 5.41) is 3.45. The zero-order valence-electron chi connectivity index (χ0n) is 14.0. The molecule has 0 spiro atoms. The van der Waals surface area contributed by atoms with E-state index in [1.54, 1.807) is 36.5 Å².